The second-order valence-corrected chi connectivity index (χ2v) is 6.08. The summed E-state index contributed by atoms with van der Waals surface area (Å²) in [5.41, 5.74) is 0.422. The topological polar surface area (TPSA) is 58.6 Å². The van der Waals surface area contributed by atoms with Crippen molar-refractivity contribution in [1.82, 2.24) is 5.32 Å². The molecule has 0 radical (unpaired) electrons. The molecule has 1 fully saturated rings. The van der Waals surface area contributed by atoms with E-state index in [0.717, 1.165) is 5.75 Å². The van der Waals surface area contributed by atoms with Crippen LogP contribution in [0.25, 0.3) is 0 Å². The first-order valence-corrected chi connectivity index (χ1v) is 8.02. The Hall–Kier alpha value is -1.04. The lowest BCUT2D eigenvalue weighted by Gasteiger charge is -2.32. The number of hydrogen-bond donors (Lipinski definition) is 2. The van der Waals surface area contributed by atoms with E-state index in [1.807, 2.05) is 18.2 Å². The third-order valence-electron chi connectivity index (χ3n) is 3.38. The second-order valence-electron chi connectivity index (χ2n) is 5.09. The van der Waals surface area contributed by atoms with Gasteiger partial charge < -0.3 is 15.2 Å². The number of carbonyl (C=O) groups excluding carboxylic acids is 1. The molecule has 2 rings (SSSR count). The Balaban J connectivity index is 1.63. The quantitative estimate of drug-likeness (QED) is 0.836. The first-order valence-electron chi connectivity index (χ1n) is 6.86. The summed E-state index contributed by atoms with van der Waals surface area (Å²) in [6, 6.07) is 10.1. The van der Waals surface area contributed by atoms with E-state index < -0.39 is 5.60 Å². The van der Waals surface area contributed by atoms with Gasteiger partial charge in [0.05, 0.1) is 11.4 Å². The van der Waals surface area contributed by atoms with Gasteiger partial charge in [-0.1, -0.05) is 30.3 Å². The van der Waals surface area contributed by atoms with Gasteiger partial charge in [0, 0.05) is 38.4 Å². The molecule has 1 heterocycles. The highest BCUT2D eigenvalue weighted by atomic mass is 32.2. The standard InChI is InChI=1S/C15H21NO3S/c17-14(11-20-10-13-4-2-1-3-5-13)16-12-15(18)6-8-19-9-7-15/h1-5,18H,6-12H2,(H,16,17). The Labute approximate surface area is 123 Å². The van der Waals surface area contributed by atoms with Crippen LogP contribution < -0.4 is 5.32 Å². The molecule has 0 spiro atoms. The average Bonchev–Trinajstić information content (AvgIpc) is 2.47. The van der Waals surface area contributed by atoms with Crippen LogP contribution in [0.3, 0.4) is 0 Å². The molecule has 5 heteroatoms. The zero-order valence-electron chi connectivity index (χ0n) is 11.5. The molecule has 1 aliphatic rings. The molecule has 0 bridgehead atoms. The van der Waals surface area contributed by atoms with Crippen molar-refractivity contribution < 1.29 is 14.6 Å². The lowest BCUT2D eigenvalue weighted by atomic mass is 9.94. The summed E-state index contributed by atoms with van der Waals surface area (Å²) in [6.45, 7) is 1.45. The van der Waals surface area contributed by atoms with Gasteiger partial charge in [0.15, 0.2) is 0 Å². The molecule has 2 N–H and O–H groups in total. The molecule has 0 aromatic heterocycles. The van der Waals surface area contributed by atoms with E-state index in [-0.39, 0.29) is 5.91 Å². The van der Waals surface area contributed by atoms with Crippen molar-refractivity contribution in [1.29, 1.82) is 0 Å². The SMILES string of the molecule is O=C(CSCc1ccccc1)NCC1(O)CCOCC1. The van der Waals surface area contributed by atoms with Crippen LogP contribution in [0.1, 0.15) is 18.4 Å². The number of nitrogens with one attached hydrogen (secondary N) is 1. The molecule has 1 aliphatic heterocycles. The summed E-state index contributed by atoms with van der Waals surface area (Å²) in [6.07, 6.45) is 1.18. The molecule has 0 aliphatic carbocycles. The largest absolute Gasteiger partial charge is 0.388 e. The van der Waals surface area contributed by atoms with Crippen LogP contribution in [-0.4, -0.2) is 42.1 Å². The van der Waals surface area contributed by atoms with E-state index in [0.29, 0.717) is 38.4 Å². The number of ether oxygens (including phenoxy) is 1. The number of aliphatic hydroxyl groups is 1. The number of thioether (sulfide) groups is 1. The van der Waals surface area contributed by atoms with Crippen LogP contribution >= 0.6 is 11.8 Å². The summed E-state index contributed by atoms with van der Waals surface area (Å²) in [4.78, 5) is 11.7. The maximum atomic E-state index is 11.7. The fraction of sp³-hybridized carbons (Fsp3) is 0.533. The van der Waals surface area contributed by atoms with Crippen molar-refractivity contribution in [2.75, 3.05) is 25.5 Å². The van der Waals surface area contributed by atoms with Gasteiger partial charge in [0.2, 0.25) is 5.91 Å². The van der Waals surface area contributed by atoms with Crippen LogP contribution in [0.15, 0.2) is 30.3 Å². The number of rotatable bonds is 6. The lowest BCUT2D eigenvalue weighted by molar-refractivity contribution is -0.121. The molecule has 4 nitrogen and oxygen atoms in total. The Morgan fingerprint density at radius 2 is 2.00 bits per heavy atom. The molecule has 1 saturated heterocycles. The Bertz CT molecular complexity index is 418. The van der Waals surface area contributed by atoms with Gasteiger partial charge in [0.1, 0.15) is 0 Å². The van der Waals surface area contributed by atoms with Crippen molar-refractivity contribution >= 4 is 17.7 Å². The Kier molecular flexibility index (Phi) is 5.88. The van der Waals surface area contributed by atoms with Gasteiger partial charge in [0.25, 0.3) is 0 Å². The maximum Gasteiger partial charge on any atom is 0.230 e. The normalized spacial score (nSPS) is 17.6. The van der Waals surface area contributed by atoms with Gasteiger partial charge in [-0.2, -0.15) is 0 Å². The number of hydrogen-bond acceptors (Lipinski definition) is 4. The van der Waals surface area contributed by atoms with Crippen LogP contribution in [0, 0.1) is 0 Å². The van der Waals surface area contributed by atoms with Crippen molar-refractivity contribution in [3.63, 3.8) is 0 Å². The van der Waals surface area contributed by atoms with Crippen molar-refractivity contribution in [3.8, 4) is 0 Å². The van der Waals surface area contributed by atoms with E-state index in [2.05, 4.69) is 17.4 Å². The first-order chi connectivity index (χ1) is 9.68. The molecule has 0 saturated carbocycles. The molecular weight excluding hydrogens is 274 g/mol. The molecule has 1 amide bonds. The molecule has 1 aromatic rings. The number of carbonyl (C=O) groups is 1. The second kappa shape index (κ2) is 7.67. The molecule has 0 atom stereocenters. The van der Waals surface area contributed by atoms with Gasteiger partial charge in [-0.15, -0.1) is 11.8 Å². The van der Waals surface area contributed by atoms with Crippen LogP contribution in [0.4, 0.5) is 0 Å². The van der Waals surface area contributed by atoms with E-state index in [9.17, 15) is 9.90 Å². The molecule has 0 unspecified atom stereocenters. The first kappa shape index (κ1) is 15.4. The van der Waals surface area contributed by atoms with E-state index in [4.69, 9.17) is 4.74 Å². The number of benzene rings is 1. The van der Waals surface area contributed by atoms with Crippen molar-refractivity contribution in [3.05, 3.63) is 35.9 Å². The summed E-state index contributed by atoms with van der Waals surface area (Å²) in [7, 11) is 0. The summed E-state index contributed by atoms with van der Waals surface area (Å²) in [5, 5.41) is 13.0. The minimum atomic E-state index is -0.794. The zero-order chi connectivity index (χ0) is 14.3. The molecular formula is C15H21NO3S. The zero-order valence-corrected chi connectivity index (χ0v) is 12.3. The van der Waals surface area contributed by atoms with Gasteiger partial charge >= 0.3 is 0 Å². The Morgan fingerprint density at radius 1 is 1.30 bits per heavy atom. The summed E-state index contributed by atoms with van der Waals surface area (Å²) < 4.78 is 5.21. The van der Waals surface area contributed by atoms with Crippen molar-refractivity contribution in [2.45, 2.75) is 24.2 Å². The van der Waals surface area contributed by atoms with Crippen LogP contribution in [-0.2, 0) is 15.3 Å². The van der Waals surface area contributed by atoms with E-state index in [1.54, 1.807) is 11.8 Å². The highest BCUT2D eigenvalue weighted by Gasteiger charge is 2.29. The number of amides is 1. The van der Waals surface area contributed by atoms with Gasteiger partial charge in [-0.25, -0.2) is 0 Å². The van der Waals surface area contributed by atoms with E-state index >= 15 is 0 Å². The minimum Gasteiger partial charge on any atom is -0.388 e. The van der Waals surface area contributed by atoms with Gasteiger partial charge in [-0.05, 0) is 5.56 Å². The van der Waals surface area contributed by atoms with Crippen molar-refractivity contribution in [2.24, 2.45) is 0 Å². The van der Waals surface area contributed by atoms with Crippen LogP contribution in [0.2, 0.25) is 0 Å². The van der Waals surface area contributed by atoms with E-state index in [1.165, 1.54) is 5.56 Å². The third-order valence-corrected chi connectivity index (χ3v) is 4.39. The fourth-order valence-electron chi connectivity index (χ4n) is 2.08. The molecule has 20 heavy (non-hydrogen) atoms. The predicted molar refractivity (Wildman–Crippen MR) is 80.6 cm³/mol. The minimum absolute atomic E-state index is 0.0224. The average molecular weight is 295 g/mol. The molecule has 1 aromatic carbocycles. The smallest absolute Gasteiger partial charge is 0.230 e. The Morgan fingerprint density at radius 3 is 2.70 bits per heavy atom. The lowest BCUT2D eigenvalue weighted by Crippen LogP contribution is -2.47. The monoisotopic (exact) mass is 295 g/mol. The fourth-order valence-corrected chi connectivity index (χ4v) is 2.90. The summed E-state index contributed by atoms with van der Waals surface area (Å²) >= 11 is 1.58. The van der Waals surface area contributed by atoms with Gasteiger partial charge in [-0.3, -0.25) is 4.79 Å². The summed E-state index contributed by atoms with van der Waals surface area (Å²) in [5.74, 6) is 1.22. The van der Waals surface area contributed by atoms with Crippen LogP contribution in [0.5, 0.6) is 0 Å². The predicted octanol–water partition coefficient (Wildman–Crippen LogP) is 1.58. The third kappa shape index (κ3) is 5.15. The maximum absolute atomic E-state index is 11.7. The highest BCUT2D eigenvalue weighted by Crippen LogP contribution is 2.19. The highest BCUT2D eigenvalue weighted by molar-refractivity contribution is 7.99. The molecule has 110 valence electrons.